The minimum absolute atomic E-state index is 0.455. The second kappa shape index (κ2) is 4.66. The minimum Gasteiger partial charge on any atom is -0.479 e. The molecule has 1 aromatic heterocycles. The van der Waals surface area contributed by atoms with Gasteiger partial charge in [0, 0.05) is 30.1 Å². The summed E-state index contributed by atoms with van der Waals surface area (Å²) in [6.07, 6.45) is 0.341. The fraction of sp³-hybridized carbons (Fsp3) is 0.214. The van der Waals surface area contributed by atoms with E-state index >= 15 is 0 Å². The molecule has 0 radical (unpaired) electrons. The van der Waals surface area contributed by atoms with Gasteiger partial charge in [-0.25, -0.2) is 4.79 Å². The van der Waals surface area contributed by atoms with Crippen molar-refractivity contribution in [3.63, 3.8) is 0 Å². The van der Waals surface area contributed by atoms with Gasteiger partial charge >= 0.3 is 5.97 Å². The first kappa shape index (κ1) is 12.4. The largest absolute Gasteiger partial charge is 0.479 e. The van der Waals surface area contributed by atoms with Gasteiger partial charge in [-0.05, 0) is 12.5 Å². The van der Waals surface area contributed by atoms with Crippen LogP contribution in [0, 0.1) is 6.92 Å². The summed E-state index contributed by atoms with van der Waals surface area (Å²) in [6, 6.07) is 9.45. The van der Waals surface area contributed by atoms with Crippen molar-refractivity contribution in [1.29, 1.82) is 0 Å². The average molecular weight is 245 g/mol. The number of aromatic nitrogens is 1. The van der Waals surface area contributed by atoms with Gasteiger partial charge in [0.05, 0.1) is 0 Å². The predicted molar refractivity (Wildman–Crippen MR) is 68.2 cm³/mol. The van der Waals surface area contributed by atoms with E-state index in [4.69, 9.17) is 5.11 Å². The van der Waals surface area contributed by atoms with Gasteiger partial charge in [-0.3, -0.25) is 0 Å². The molecule has 1 aromatic carbocycles. The third-order valence-corrected chi connectivity index (χ3v) is 3.12. The summed E-state index contributed by atoms with van der Waals surface area (Å²) in [6.45, 7) is 1.80. The number of hydrogen-bond donors (Lipinski definition) is 2. The molecule has 2 aromatic rings. The zero-order chi connectivity index (χ0) is 13.3. The summed E-state index contributed by atoms with van der Waals surface area (Å²) in [5, 5.41) is 18.8. The van der Waals surface area contributed by atoms with E-state index in [0.29, 0.717) is 5.56 Å². The number of carbonyl (C=O) groups is 1. The fourth-order valence-electron chi connectivity index (χ4n) is 2.06. The lowest BCUT2D eigenvalue weighted by Gasteiger charge is -2.09. The Hall–Kier alpha value is -2.07. The Kier molecular flexibility index (Phi) is 3.21. The number of carboxylic acid groups (broad SMARTS) is 1. The molecule has 2 rings (SSSR count). The Balaban J connectivity index is 2.62. The molecule has 0 aliphatic rings. The molecule has 1 unspecified atom stereocenters. The molecule has 0 bridgehead atoms. The van der Waals surface area contributed by atoms with Gasteiger partial charge in [-0.2, -0.15) is 0 Å². The van der Waals surface area contributed by atoms with Gasteiger partial charge in [0.15, 0.2) is 6.10 Å². The van der Waals surface area contributed by atoms with Crippen LogP contribution >= 0.6 is 0 Å². The summed E-state index contributed by atoms with van der Waals surface area (Å²) in [7, 11) is 1.83. The maximum absolute atomic E-state index is 11.0. The van der Waals surface area contributed by atoms with Crippen molar-refractivity contribution >= 4 is 5.97 Å². The highest BCUT2D eigenvalue weighted by molar-refractivity contribution is 5.80. The smallest absolute Gasteiger partial charge is 0.337 e. The second-order valence-electron chi connectivity index (χ2n) is 4.26. The highest BCUT2D eigenvalue weighted by Gasteiger charge is 2.24. The minimum atomic E-state index is -1.50. The van der Waals surface area contributed by atoms with Gasteiger partial charge in [0.2, 0.25) is 0 Å². The molecule has 0 fully saturated rings. The van der Waals surface area contributed by atoms with Crippen LogP contribution < -0.4 is 0 Å². The van der Waals surface area contributed by atoms with Crippen LogP contribution in [-0.4, -0.2) is 20.7 Å². The zero-order valence-corrected chi connectivity index (χ0v) is 10.3. The fourth-order valence-corrected chi connectivity index (χ4v) is 2.06. The van der Waals surface area contributed by atoms with E-state index in [0.717, 1.165) is 16.8 Å². The summed E-state index contributed by atoms with van der Waals surface area (Å²) in [4.78, 5) is 11.0. The Labute approximate surface area is 105 Å². The van der Waals surface area contributed by atoms with Crippen LogP contribution in [0.15, 0.2) is 36.5 Å². The predicted octanol–water partition coefficient (Wildman–Crippen LogP) is 2.12. The molecule has 1 heterocycles. The zero-order valence-electron chi connectivity index (χ0n) is 10.3. The SMILES string of the molecule is Cc1c(C(O)C(=O)O)c(-c2ccccc2)cn1C. The standard InChI is InChI=1S/C14H15NO3/c1-9-12(13(16)14(17)18)11(8-15(9)2)10-6-4-3-5-7-10/h3-8,13,16H,1-2H3,(H,17,18). The first-order valence-corrected chi connectivity index (χ1v) is 5.64. The third-order valence-electron chi connectivity index (χ3n) is 3.12. The van der Waals surface area contributed by atoms with E-state index in [-0.39, 0.29) is 0 Å². The topological polar surface area (TPSA) is 62.5 Å². The Morgan fingerprint density at radius 1 is 1.28 bits per heavy atom. The van der Waals surface area contributed by atoms with E-state index < -0.39 is 12.1 Å². The Morgan fingerprint density at radius 3 is 2.44 bits per heavy atom. The van der Waals surface area contributed by atoms with Crippen LogP contribution in [0.3, 0.4) is 0 Å². The number of hydrogen-bond acceptors (Lipinski definition) is 2. The van der Waals surface area contributed by atoms with E-state index in [1.807, 2.05) is 48.1 Å². The molecular formula is C14H15NO3. The third kappa shape index (κ3) is 2.02. The maximum Gasteiger partial charge on any atom is 0.337 e. The lowest BCUT2D eigenvalue weighted by molar-refractivity contribution is -0.146. The summed E-state index contributed by atoms with van der Waals surface area (Å²) >= 11 is 0. The van der Waals surface area contributed by atoms with Crippen molar-refractivity contribution in [2.75, 3.05) is 0 Å². The number of aliphatic hydroxyl groups excluding tert-OH is 1. The molecule has 4 nitrogen and oxygen atoms in total. The monoisotopic (exact) mass is 245 g/mol. The molecule has 2 N–H and O–H groups in total. The van der Waals surface area contributed by atoms with Crippen molar-refractivity contribution < 1.29 is 15.0 Å². The van der Waals surface area contributed by atoms with Crippen LogP contribution in [0.2, 0.25) is 0 Å². The lowest BCUT2D eigenvalue weighted by atomic mass is 9.99. The van der Waals surface area contributed by atoms with Gasteiger partial charge < -0.3 is 14.8 Å². The number of aliphatic hydroxyl groups is 1. The molecule has 18 heavy (non-hydrogen) atoms. The number of carboxylic acids is 1. The molecule has 0 spiro atoms. The summed E-state index contributed by atoms with van der Waals surface area (Å²) in [5.74, 6) is -1.23. The van der Waals surface area contributed by atoms with Crippen molar-refractivity contribution in [2.45, 2.75) is 13.0 Å². The van der Waals surface area contributed by atoms with Crippen LogP contribution in [0.5, 0.6) is 0 Å². The molecule has 0 aliphatic heterocycles. The molecule has 0 saturated carbocycles. The van der Waals surface area contributed by atoms with Crippen LogP contribution in [0.1, 0.15) is 17.4 Å². The molecule has 0 amide bonds. The molecule has 1 atom stereocenters. The number of nitrogens with zero attached hydrogens (tertiary/aromatic N) is 1. The van der Waals surface area contributed by atoms with Gasteiger partial charge in [-0.1, -0.05) is 30.3 Å². The number of aliphatic carboxylic acids is 1. The normalized spacial score (nSPS) is 12.4. The van der Waals surface area contributed by atoms with Gasteiger partial charge in [-0.15, -0.1) is 0 Å². The highest BCUT2D eigenvalue weighted by Crippen LogP contribution is 2.32. The van der Waals surface area contributed by atoms with Crippen molar-refractivity contribution in [3.8, 4) is 11.1 Å². The van der Waals surface area contributed by atoms with Crippen molar-refractivity contribution in [3.05, 3.63) is 47.8 Å². The summed E-state index contributed by atoms with van der Waals surface area (Å²) < 4.78 is 1.82. The van der Waals surface area contributed by atoms with Crippen LogP contribution in [-0.2, 0) is 11.8 Å². The van der Waals surface area contributed by atoms with E-state index in [1.165, 1.54) is 0 Å². The van der Waals surface area contributed by atoms with E-state index in [9.17, 15) is 9.90 Å². The summed E-state index contributed by atoms with van der Waals surface area (Å²) in [5.41, 5.74) is 2.86. The first-order valence-electron chi connectivity index (χ1n) is 5.64. The number of benzene rings is 1. The number of aryl methyl sites for hydroxylation is 1. The van der Waals surface area contributed by atoms with E-state index in [2.05, 4.69) is 0 Å². The molecular weight excluding hydrogens is 230 g/mol. The van der Waals surface area contributed by atoms with Crippen molar-refractivity contribution in [1.82, 2.24) is 4.57 Å². The lowest BCUT2D eigenvalue weighted by Crippen LogP contribution is -2.12. The number of rotatable bonds is 3. The van der Waals surface area contributed by atoms with Crippen molar-refractivity contribution in [2.24, 2.45) is 7.05 Å². The molecule has 0 saturated heterocycles. The molecule has 4 heteroatoms. The van der Waals surface area contributed by atoms with E-state index in [1.54, 1.807) is 6.92 Å². The molecule has 94 valence electrons. The van der Waals surface area contributed by atoms with Gasteiger partial charge in [0.1, 0.15) is 0 Å². The average Bonchev–Trinajstić information content (AvgIpc) is 2.66. The molecule has 0 aliphatic carbocycles. The van der Waals surface area contributed by atoms with Crippen LogP contribution in [0.25, 0.3) is 11.1 Å². The Bertz CT molecular complexity index is 572. The maximum atomic E-state index is 11.0. The van der Waals surface area contributed by atoms with Crippen LogP contribution in [0.4, 0.5) is 0 Å². The second-order valence-corrected chi connectivity index (χ2v) is 4.26. The first-order chi connectivity index (χ1) is 8.52. The Morgan fingerprint density at radius 2 is 1.89 bits per heavy atom. The van der Waals surface area contributed by atoms with Gasteiger partial charge in [0.25, 0.3) is 0 Å². The highest BCUT2D eigenvalue weighted by atomic mass is 16.4. The quantitative estimate of drug-likeness (QED) is 0.870.